The first-order chi connectivity index (χ1) is 8.69. The van der Waals surface area contributed by atoms with Crippen LogP contribution in [0, 0.1) is 0 Å². The Morgan fingerprint density at radius 3 is 2.39 bits per heavy atom. The Bertz CT molecular complexity index is 237. The van der Waals surface area contributed by atoms with E-state index in [9.17, 15) is 4.79 Å². The summed E-state index contributed by atoms with van der Waals surface area (Å²) in [5.74, 6) is 0.322. The van der Waals surface area contributed by atoms with E-state index in [2.05, 4.69) is 30.7 Å². The first kappa shape index (κ1) is 15.5. The number of unbranched alkanes of at least 4 members (excludes halogenated alkanes) is 1. The van der Waals surface area contributed by atoms with Crippen molar-refractivity contribution in [3.05, 3.63) is 0 Å². The molecule has 0 saturated heterocycles. The number of likely N-dealkylation sites (N-methyl/N-ethyl adjacent to an activating group) is 2. The molecule has 1 amide bonds. The van der Waals surface area contributed by atoms with Crippen molar-refractivity contribution in [1.29, 1.82) is 0 Å². The van der Waals surface area contributed by atoms with E-state index in [1.165, 1.54) is 44.9 Å². The Morgan fingerprint density at radius 1 is 1.17 bits per heavy atom. The molecule has 0 aromatic carbocycles. The predicted octanol–water partition coefficient (Wildman–Crippen LogP) is 2.90. The molecule has 18 heavy (non-hydrogen) atoms. The van der Waals surface area contributed by atoms with Crippen molar-refractivity contribution in [3.8, 4) is 0 Å². The Morgan fingerprint density at radius 2 is 1.83 bits per heavy atom. The van der Waals surface area contributed by atoms with Gasteiger partial charge in [-0.2, -0.15) is 0 Å². The van der Waals surface area contributed by atoms with Gasteiger partial charge in [0.05, 0.1) is 6.54 Å². The van der Waals surface area contributed by atoms with E-state index in [0.29, 0.717) is 18.5 Å². The minimum atomic E-state index is 0.322. The highest BCUT2D eigenvalue weighted by Gasteiger charge is 2.24. The van der Waals surface area contributed by atoms with Crippen LogP contribution in [0.4, 0.5) is 0 Å². The molecule has 0 atom stereocenters. The lowest BCUT2D eigenvalue weighted by atomic mass is 9.94. The van der Waals surface area contributed by atoms with Crippen LogP contribution < -0.4 is 0 Å². The average Bonchev–Trinajstić information content (AvgIpc) is 2.38. The molecule has 1 rings (SSSR count). The Labute approximate surface area is 113 Å². The summed E-state index contributed by atoms with van der Waals surface area (Å²) < 4.78 is 0. The smallest absolute Gasteiger partial charge is 0.236 e. The van der Waals surface area contributed by atoms with E-state index >= 15 is 0 Å². The zero-order valence-electron chi connectivity index (χ0n) is 12.5. The normalized spacial score (nSPS) is 17.1. The number of hydrogen-bond acceptors (Lipinski definition) is 2. The molecule has 0 aliphatic heterocycles. The lowest BCUT2D eigenvalue weighted by Gasteiger charge is -2.34. The molecular weight excluding hydrogens is 224 g/mol. The van der Waals surface area contributed by atoms with E-state index in [-0.39, 0.29) is 0 Å². The van der Waals surface area contributed by atoms with Crippen LogP contribution in [-0.4, -0.2) is 48.4 Å². The SMILES string of the molecule is CCCCN(C)CC(=O)N(CC)C1CCCCC1. The molecule has 1 fully saturated rings. The standard InChI is InChI=1S/C15H30N2O/c1-4-6-12-16(3)13-15(18)17(5-2)14-10-8-7-9-11-14/h14H,4-13H2,1-3H3. The zero-order chi connectivity index (χ0) is 13.4. The van der Waals surface area contributed by atoms with Gasteiger partial charge in [-0.3, -0.25) is 9.69 Å². The maximum atomic E-state index is 12.3. The van der Waals surface area contributed by atoms with E-state index in [1.807, 2.05) is 0 Å². The van der Waals surface area contributed by atoms with Crippen LogP contribution in [0.5, 0.6) is 0 Å². The highest BCUT2D eigenvalue weighted by Crippen LogP contribution is 2.22. The van der Waals surface area contributed by atoms with Gasteiger partial charge in [-0.25, -0.2) is 0 Å². The van der Waals surface area contributed by atoms with Gasteiger partial charge >= 0.3 is 0 Å². The fourth-order valence-electron chi connectivity index (χ4n) is 2.86. The quantitative estimate of drug-likeness (QED) is 0.697. The number of hydrogen-bond donors (Lipinski definition) is 0. The molecule has 1 aliphatic carbocycles. The van der Waals surface area contributed by atoms with Crippen molar-refractivity contribution in [3.63, 3.8) is 0 Å². The number of carbonyl (C=O) groups excluding carboxylic acids is 1. The molecule has 1 aliphatic rings. The van der Waals surface area contributed by atoms with Crippen LogP contribution in [0.25, 0.3) is 0 Å². The van der Waals surface area contributed by atoms with Gasteiger partial charge in [0.1, 0.15) is 0 Å². The fraction of sp³-hybridized carbons (Fsp3) is 0.933. The van der Waals surface area contributed by atoms with E-state index in [1.54, 1.807) is 0 Å². The molecule has 0 unspecified atom stereocenters. The molecule has 0 bridgehead atoms. The summed E-state index contributed by atoms with van der Waals surface area (Å²) in [7, 11) is 2.06. The third-order valence-electron chi connectivity index (χ3n) is 3.98. The summed E-state index contributed by atoms with van der Waals surface area (Å²) in [5, 5.41) is 0. The van der Waals surface area contributed by atoms with Crippen molar-refractivity contribution in [1.82, 2.24) is 9.80 Å². The van der Waals surface area contributed by atoms with Gasteiger partial charge in [-0.05, 0) is 39.8 Å². The third kappa shape index (κ3) is 4.97. The largest absolute Gasteiger partial charge is 0.339 e. The topological polar surface area (TPSA) is 23.6 Å². The highest BCUT2D eigenvalue weighted by atomic mass is 16.2. The number of nitrogens with zero attached hydrogens (tertiary/aromatic N) is 2. The maximum Gasteiger partial charge on any atom is 0.236 e. The van der Waals surface area contributed by atoms with Crippen molar-refractivity contribution in [2.24, 2.45) is 0 Å². The monoisotopic (exact) mass is 254 g/mol. The minimum Gasteiger partial charge on any atom is -0.339 e. The number of carbonyl (C=O) groups is 1. The molecule has 3 nitrogen and oxygen atoms in total. The maximum absolute atomic E-state index is 12.3. The van der Waals surface area contributed by atoms with Gasteiger partial charge in [0, 0.05) is 12.6 Å². The molecule has 3 heteroatoms. The van der Waals surface area contributed by atoms with Gasteiger partial charge in [0.2, 0.25) is 5.91 Å². The molecule has 0 N–H and O–H groups in total. The van der Waals surface area contributed by atoms with Gasteiger partial charge in [0.15, 0.2) is 0 Å². The molecule has 0 aromatic rings. The third-order valence-corrected chi connectivity index (χ3v) is 3.98. The van der Waals surface area contributed by atoms with Crippen molar-refractivity contribution >= 4 is 5.91 Å². The van der Waals surface area contributed by atoms with Crippen molar-refractivity contribution < 1.29 is 4.79 Å². The van der Waals surface area contributed by atoms with Crippen LogP contribution in [-0.2, 0) is 4.79 Å². The van der Waals surface area contributed by atoms with Crippen LogP contribution in [0.15, 0.2) is 0 Å². The molecule has 0 heterocycles. The van der Waals surface area contributed by atoms with Gasteiger partial charge in [-0.1, -0.05) is 32.6 Å². The summed E-state index contributed by atoms with van der Waals surface area (Å²) in [5.41, 5.74) is 0. The van der Waals surface area contributed by atoms with E-state index < -0.39 is 0 Å². The highest BCUT2D eigenvalue weighted by molar-refractivity contribution is 5.78. The molecular formula is C15H30N2O. The average molecular weight is 254 g/mol. The fourth-order valence-corrected chi connectivity index (χ4v) is 2.86. The lowest BCUT2D eigenvalue weighted by molar-refractivity contribution is -0.134. The molecule has 1 saturated carbocycles. The Kier molecular flexibility index (Phi) is 7.33. The van der Waals surface area contributed by atoms with Crippen LogP contribution >= 0.6 is 0 Å². The molecule has 0 spiro atoms. The lowest BCUT2D eigenvalue weighted by Crippen LogP contribution is -2.45. The summed E-state index contributed by atoms with van der Waals surface area (Å²) in [4.78, 5) is 16.6. The minimum absolute atomic E-state index is 0.322. The first-order valence-electron chi connectivity index (χ1n) is 7.67. The molecule has 0 radical (unpaired) electrons. The predicted molar refractivity (Wildman–Crippen MR) is 76.7 cm³/mol. The summed E-state index contributed by atoms with van der Waals surface area (Å²) >= 11 is 0. The number of amides is 1. The Balaban J connectivity index is 2.40. The summed E-state index contributed by atoms with van der Waals surface area (Å²) in [6.07, 6.45) is 8.72. The van der Waals surface area contributed by atoms with Crippen LogP contribution in [0.1, 0.15) is 58.8 Å². The van der Waals surface area contributed by atoms with Crippen LogP contribution in [0.2, 0.25) is 0 Å². The second-order valence-corrected chi connectivity index (χ2v) is 5.56. The first-order valence-corrected chi connectivity index (χ1v) is 7.67. The second-order valence-electron chi connectivity index (χ2n) is 5.56. The molecule has 106 valence electrons. The van der Waals surface area contributed by atoms with Crippen molar-refractivity contribution in [2.45, 2.75) is 64.8 Å². The van der Waals surface area contributed by atoms with Crippen LogP contribution in [0.3, 0.4) is 0 Å². The molecule has 0 aromatic heterocycles. The zero-order valence-corrected chi connectivity index (χ0v) is 12.5. The van der Waals surface area contributed by atoms with Gasteiger partial charge < -0.3 is 4.90 Å². The number of rotatable bonds is 7. The van der Waals surface area contributed by atoms with Gasteiger partial charge in [-0.15, -0.1) is 0 Å². The summed E-state index contributed by atoms with van der Waals surface area (Å²) in [6, 6.07) is 0.510. The van der Waals surface area contributed by atoms with E-state index in [4.69, 9.17) is 0 Å². The second kappa shape index (κ2) is 8.52. The van der Waals surface area contributed by atoms with Gasteiger partial charge in [0.25, 0.3) is 0 Å². The Hall–Kier alpha value is -0.570. The van der Waals surface area contributed by atoms with Crippen molar-refractivity contribution in [2.75, 3.05) is 26.7 Å². The summed E-state index contributed by atoms with van der Waals surface area (Å²) in [6.45, 7) is 6.79. The van der Waals surface area contributed by atoms with E-state index in [0.717, 1.165) is 13.1 Å².